The lowest BCUT2D eigenvalue weighted by atomic mass is 9.95. The molecule has 1 N–H and O–H groups in total. The van der Waals surface area contributed by atoms with E-state index in [-0.39, 0.29) is 12.7 Å². The van der Waals surface area contributed by atoms with E-state index >= 15 is 0 Å². The molecule has 9 heteroatoms. The molecule has 1 aromatic carbocycles. The Labute approximate surface area is 133 Å². The van der Waals surface area contributed by atoms with Crippen LogP contribution in [0.3, 0.4) is 0 Å². The van der Waals surface area contributed by atoms with Gasteiger partial charge in [0.15, 0.2) is 5.78 Å². The number of Topliss-reactive ketones (excluding diaryl/α,β-unsaturated/α-hetero) is 1. The number of ether oxygens (including phenoxy) is 1. The first-order valence-corrected chi connectivity index (χ1v) is 7.05. The summed E-state index contributed by atoms with van der Waals surface area (Å²) in [6.07, 6.45) is -13.0. The molecule has 0 heterocycles. The number of rotatable bonds is 3. The molecule has 0 bridgehead atoms. The minimum atomic E-state index is -5.14. The van der Waals surface area contributed by atoms with Crippen LogP contribution in [0.15, 0.2) is 12.1 Å². The number of ketones is 1. The van der Waals surface area contributed by atoms with Crippen LogP contribution in [0, 0.1) is 5.92 Å². The number of fused-ring (bicyclic) bond motifs is 1. The molecule has 0 aromatic heterocycles. The normalized spacial score (nSPS) is 22.6. The Bertz CT molecular complexity index is 650. The molecule has 0 amide bonds. The molecule has 1 aliphatic rings. The van der Waals surface area contributed by atoms with Gasteiger partial charge in [-0.15, -0.1) is 0 Å². The van der Waals surface area contributed by atoms with E-state index in [2.05, 4.69) is 0 Å². The summed E-state index contributed by atoms with van der Waals surface area (Å²) in [6, 6.07) is 0.276. The maximum absolute atomic E-state index is 13.2. The highest BCUT2D eigenvalue weighted by Gasteiger charge is 2.49. The zero-order valence-corrected chi connectivity index (χ0v) is 12.6. The van der Waals surface area contributed by atoms with E-state index < -0.39 is 58.5 Å². The topological polar surface area (TPSA) is 46.5 Å². The Morgan fingerprint density at radius 1 is 1.17 bits per heavy atom. The number of aliphatic hydroxyl groups excluding tert-OH is 1. The molecule has 1 aliphatic carbocycles. The van der Waals surface area contributed by atoms with Crippen LogP contribution >= 0.6 is 0 Å². The van der Waals surface area contributed by atoms with Crippen molar-refractivity contribution in [1.29, 1.82) is 0 Å². The zero-order chi connectivity index (χ0) is 18.4. The number of hydrogen-bond donors (Lipinski definition) is 1. The number of benzene rings is 1. The second kappa shape index (κ2) is 6.03. The third kappa shape index (κ3) is 3.14. The van der Waals surface area contributed by atoms with Crippen LogP contribution in [0.25, 0.3) is 0 Å². The number of halogens is 6. The van der Waals surface area contributed by atoms with Crippen molar-refractivity contribution in [3.8, 4) is 0 Å². The third-order valence-electron chi connectivity index (χ3n) is 3.95. The van der Waals surface area contributed by atoms with Crippen LogP contribution in [-0.4, -0.2) is 23.6 Å². The highest BCUT2D eigenvalue weighted by atomic mass is 19.4. The predicted octanol–water partition coefficient (Wildman–Crippen LogP) is 4.00. The molecule has 3 nitrogen and oxygen atoms in total. The maximum Gasteiger partial charge on any atom is 0.416 e. The first-order valence-electron chi connectivity index (χ1n) is 7.05. The molecule has 0 aliphatic heterocycles. The molecule has 3 unspecified atom stereocenters. The number of carbonyl (C=O) groups is 1. The van der Waals surface area contributed by atoms with Gasteiger partial charge in [-0.1, -0.05) is 0 Å². The Morgan fingerprint density at radius 3 is 2.21 bits per heavy atom. The molecule has 1 aromatic rings. The fraction of sp³-hybridized carbons (Fsp3) is 0.533. The summed E-state index contributed by atoms with van der Waals surface area (Å²) in [6.45, 7) is 3.09. The average Bonchev–Trinajstić information content (AvgIpc) is 2.68. The summed E-state index contributed by atoms with van der Waals surface area (Å²) in [5.74, 6) is -2.38. The van der Waals surface area contributed by atoms with E-state index in [9.17, 15) is 36.2 Å². The summed E-state index contributed by atoms with van der Waals surface area (Å²) in [7, 11) is 0. The molecular formula is C15H14F6O3. The molecule has 3 atom stereocenters. The van der Waals surface area contributed by atoms with Crippen LogP contribution in [0.1, 0.15) is 47.0 Å². The lowest BCUT2D eigenvalue weighted by Gasteiger charge is -2.22. The van der Waals surface area contributed by atoms with Gasteiger partial charge in [-0.05, 0) is 26.0 Å². The van der Waals surface area contributed by atoms with Gasteiger partial charge in [0.05, 0.1) is 29.3 Å². The Kier molecular flexibility index (Phi) is 4.71. The van der Waals surface area contributed by atoms with Crippen LogP contribution in [0.2, 0.25) is 0 Å². The van der Waals surface area contributed by atoms with Gasteiger partial charge in [0.2, 0.25) is 0 Å². The predicted molar refractivity (Wildman–Crippen MR) is 70.3 cm³/mol. The maximum atomic E-state index is 13.2. The van der Waals surface area contributed by atoms with Crippen molar-refractivity contribution in [2.24, 2.45) is 5.92 Å². The second-order valence-corrected chi connectivity index (χ2v) is 5.48. The molecular weight excluding hydrogens is 342 g/mol. The fourth-order valence-corrected chi connectivity index (χ4v) is 2.91. The van der Waals surface area contributed by atoms with Crippen LogP contribution in [0.5, 0.6) is 0 Å². The quantitative estimate of drug-likeness (QED) is 0.833. The third-order valence-corrected chi connectivity index (χ3v) is 3.95. The Balaban J connectivity index is 2.67. The number of hydrogen-bond acceptors (Lipinski definition) is 3. The van der Waals surface area contributed by atoms with Gasteiger partial charge >= 0.3 is 12.4 Å². The van der Waals surface area contributed by atoms with Crippen molar-refractivity contribution in [3.63, 3.8) is 0 Å². The first-order chi connectivity index (χ1) is 10.9. The lowest BCUT2D eigenvalue weighted by Crippen LogP contribution is -2.29. The summed E-state index contributed by atoms with van der Waals surface area (Å²) in [4.78, 5) is 12.3. The molecule has 0 spiro atoms. The summed E-state index contributed by atoms with van der Waals surface area (Å²) >= 11 is 0. The smallest absolute Gasteiger partial charge is 0.388 e. The first kappa shape index (κ1) is 18.7. The Hall–Kier alpha value is -1.61. The average molecular weight is 356 g/mol. The zero-order valence-electron chi connectivity index (χ0n) is 12.6. The van der Waals surface area contributed by atoms with Crippen molar-refractivity contribution >= 4 is 5.78 Å². The minimum absolute atomic E-state index is 0.0803. The molecule has 134 valence electrons. The van der Waals surface area contributed by atoms with Gasteiger partial charge in [0.25, 0.3) is 0 Å². The van der Waals surface area contributed by atoms with Crippen molar-refractivity contribution in [2.45, 2.75) is 38.4 Å². The largest absolute Gasteiger partial charge is 0.416 e. The summed E-state index contributed by atoms with van der Waals surface area (Å²) in [5, 5.41) is 10.2. The van der Waals surface area contributed by atoms with E-state index in [1.54, 1.807) is 6.92 Å². The van der Waals surface area contributed by atoms with E-state index in [0.717, 1.165) is 0 Å². The summed E-state index contributed by atoms with van der Waals surface area (Å²) < 4.78 is 83.2. The van der Waals surface area contributed by atoms with Crippen LogP contribution < -0.4 is 0 Å². The fourth-order valence-electron chi connectivity index (χ4n) is 2.91. The molecule has 2 rings (SSSR count). The van der Waals surface area contributed by atoms with E-state index in [1.165, 1.54) is 6.92 Å². The minimum Gasteiger partial charge on any atom is -0.388 e. The van der Waals surface area contributed by atoms with Gasteiger partial charge in [0.1, 0.15) is 0 Å². The van der Waals surface area contributed by atoms with Gasteiger partial charge in [0, 0.05) is 17.7 Å². The standard InChI is InChI=1S/C15H14F6O3/c1-3-24-6(2)10-12(22)8-4-7(14(16,17)18)5-9(15(19,20)21)11(8)13(10)23/h4-6,10,13,23H,3H2,1-2H3. The summed E-state index contributed by atoms with van der Waals surface area (Å²) in [5.41, 5.74) is -4.82. The van der Waals surface area contributed by atoms with Gasteiger partial charge in [-0.2, -0.15) is 26.3 Å². The van der Waals surface area contributed by atoms with Crippen LogP contribution in [-0.2, 0) is 17.1 Å². The molecule has 0 radical (unpaired) electrons. The van der Waals surface area contributed by atoms with Crippen molar-refractivity contribution in [2.75, 3.05) is 6.61 Å². The van der Waals surface area contributed by atoms with Gasteiger partial charge in [-0.3, -0.25) is 4.79 Å². The van der Waals surface area contributed by atoms with Gasteiger partial charge < -0.3 is 9.84 Å². The monoisotopic (exact) mass is 356 g/mol. The molecule has 0 saturated carbocycles. The van der Waals surface area contributed by atoms with E-state index in [1.807, 2.05) is 0 Å². The highest BCUT2D eigenvalue weighted by Crippen LogP contribution is 2.47. The molecule has 24 heavy (non-hydrogen) atoms. The number of alkyl halides is 6. The number of aliphatic hydroxyl groups is 1. The van der Waals surface area contributed by atoms with Crippen LogP contribution in [0.4, 0.5) is 26.3 Å². The Morgan fingerprint density at radius 2 is 1.75 bits per heavy atom. The van der Waals surface area contributed by atoms with Crippen molar-refractivity contribution < 1.29 is 41.0 Å². The highest BCUT2D eigenvalue weighted by molar-refractivity contribution is 6.04. The van der Waals surface area contributed by atoms with E-state index in [4.69, 9.17) is 4.74 Å². The number of carbonyl (C=O) groups excluding carboxylic acids is 1. The van der Waals surface area contributed by atoms with Crippen molar-refractivity contribution in [1.82, 2.24) is 0 Å². The molecule has 0 saturated heterocycles. The van der Waals surface area contributed by atoms with E-state index in [0.29, 0.717) is 6.07 Å². The molecule has 0 fully saturated rings. The lowest BCUT2D eigenvalue weighted by molar-refractivity contribution is -0.144. The van der Waals surface area contributed by atoms with Gasteiger partial charge in [-0.25, -0.2) is 0 Å². The SMILES string of the molecule is CCOC(C)C1C(=O)c2cc(C(F)(F)F)cc(C(F)(F)F)c2C1O. The van der Waals surface area contributed by atoms with Crippen molar-refractivity contribution in [3.05, 3.63) is 34.4 Å². The second-order valence-electron chi connectivity index (χ2n) is 5.48.